The predicted molar refractivity (Wildman–Crippen MR) is 211 cm³/mol. The van der Waals surface area contributed by atoms with Crippen LogP contribution < -0.4 is 0 Å². The number of fused-ring (bicyclic) bond motifs is 16. The van der Waals surface area contributed by atoms with Gasteiger partial charge in [0, 0.05) is 32.9 Å². The van der Waals surface area contributed by atoms with Gasteiger partial charge in [-0.25, -0.2) is 0 Å². The average molecular weight is 647 g/mol. The lowest BCUT2D eigenvalue weighted by Crippen LogP contribution is -2.26. The number of nitrogens with zero attached hydrogens (tertiary/aromatic N) is 2. The molecule has 2 aliphatic carbocycles. The minimum Gasteiger partial charge on any atom is -0.309 e. The number of hydrogen-bond donors (Lipinski definition) is 0. The molecule has 0 amide bonds. The van der Waals surface area contributed by atoms with Crippen molar-refractivity contribution in [1.82, 2.24) is 9.13 Å². The Kier molecular flexibility index (Phi) is 5.20. The monoisotopic (exact) mass is 646 g/mol. The van der Waals surface area contributed by atoms with Crippen molar-refractivity contribution < 1.29 is 0 Å². The highest BCUT2D eigenvalue weighted by atomic mass is 15.0. The highest BCUT2D eigenvalue weighted by Crippen LogP contribution is 2.64. The fourth-order valence-corrected chi connectivity index (χ4v) is 9.77. The minimum atomic E-state index is -0.476. The quantitative estimate of drug-likeness (QED) is 0.177. The second kappa shape index (κ2) is 9.74. The lowest BCUT2D eigenvalue weighted by Gasteiger charge is -2.30. The van der Waals surface area contributed by atoms with Crippen LogP contribution in [-0.2, 0) is 5.41 Å². The van der Waals surface area contributed by atoms with Crippen molar-refractivity contribution in [2.75, 3.05) is 0 Å². The first-order valence-corrected chi connectivity index (χ1v) is 17.8. The normalized spacial score (nSPS) is 13.6. The van der Waals surface area contributed by atoms with Gasteiger partial charge in [0.15, 0.2) is 0 Å². The number of hydrogen-bond acceptors (Lipinski definition) is 0. The Morgan fingerprint density at radius 2 is 0.667 bits per heavy atom. The van der Waals surface area contributed by atoms with Crippen molar-refractivity contribution in [3.8, 4) is 33.6 Å². The van der Waals surface area contributed by atoms with E-state index in [0.29, 0.717) is 0 Å². The zero-order chi connectivity index (χ0) is 33.3. The molecule has 0 saturated carbocycles. The summed E-state index contributed by atoms with van der Waals surface area (Å²) in [6.45, 7) is 0. The van der Waals surface area contributed by atoms with E-state index in [4.69, 9.17) is 0 Å². The molecule has 0 radical (unpaired) electrons. The van der Waals surface area contributed by atoms with Crippen molar-refractivity contribution >= 4 is 43.6 Å². The summed E-state index contributed by atoms with van der Waals surface area (Å²) in [7, 11) is 0. The molecule has 12 rings (SSSR count). The van der Waals surface area contributed by atoms with Gasteiger partial charge < -0.3 is 9.13 Å². The van der Waals surface area contributed by atoms with E-state index in [9.17, 15) is 0 Å². The summed E-state index contributed by atoms with van der Waals surface area (Å²) >= 11 is 0. The Labute approximate surface area is 295 Å². The molecule has 10 aromatic rings. The smallest absolute Gasteiger partial charge is 0.0727 e. The standard InChI is InChI=1S/C49H30N2/c1-3-15-31(16-4-1)50-45-25-13-9-21-35(45)39-27-37-33-19-7-11-23-41(33)49(43(37)29-47(39)50)42-24-12-8-20-34(42)38-28-40-36-22-10-14-26-46(36)51(48(40)30-44(38)49)32-17-5-2-6-18-32/h1-30H. The summed E-state index contributed by atoms with van der Waals surface area (Å²) in [4.78, 5) is 0. The Morgan fingerprint density at radius 3 is 1.14 bits per heavy atom. The number of aromatic nitrogens is 2. The maximum atomic E-state index is 2.53. The van der Waals surface area contributed by atoms with E-state index in [0.717, 1.165) is 0 Å². The van der Waals surface area contributed by atoms with Crippen LogP contribution in [0.5, 0.6) is 0 Å². The van der Waals surface area contributed by atoms with Gasteiger partial charge in [0.1, 0.15) is 0 Å². The third-order valence-electron chi connectivity index (χ3n) is 11.7. The molecule has 51 heavy (non-hydrogen) atoms. The zero-order valence-corrected chi connectivity index (χ0v) is 27.7. The van der Waals surface area contributed by atoms with Crippen LogP contribution in [0.3, 0.4) is 0 Å². The third kappa shape index (κ3) is 3.32. The molecular formula is C49H30N2. The molecule has 2 heteroatoms. The van der Waals surface area contributed by atoms with Crippen molar-refractivity contribution in [3.63, 3.8) is 0 Å². The lowest BCUT2D eigenvalue weighted by molar-refractivity contribution is 0.795. The van der Waals surface area contributed by atoms with E-state index >= 15 is 0 Å². The molecule has 2 aromatic heterocycles. The maximum Gasteiger partial charge on any atom is 0.0727 e. The molecular weight excluding hydrogens is 617 g/mol. The summed E-state index contributed by atoms with van der Waals surface area (Å²) in [6.07, 6.45) is 0. The lowest BCUT2D eigenvalue weighted by atomic mass is 9.70. The molecule has 0 fully saturated rings. The first-order chi connectivity index (χ1) is 25.3. The van der Waals surface area contributed by atoms with Crippen LogP contribution in [0, 0.1) is 0 Å². The van der Waals surface area contributed by atoms with E-state index in [-0.39, 0.29) is 0 Å². The van der Waals surface area contributed by atoms with Crippen molar-refractivity contribution in [2.45, 2.75) is 5.41 Å². The van der Waals surface area contributed by atoms with Gasteiger partial charge >= 0.3 is 0 Å². The third-order valence-corrected chi connectivity index (χ3v) is 11.7. The van der Waals surface area contributed by atoms with Crippen LogP contribution in [0.4, 0.5) is 0 Å². The molecule has 8 aromatic carbocycles. The van der Waals surface area contributed by atoms with Gasteiger partial charge in [-0.15, -0.1) is 0 Å². The number of benzene rings is 8. The molecule has 0 bridgehead atoms. The highest BCUT2D eigenvalue weighted by molar-refractivity contribution is 6.14. The van der Waals surface area contributed by atoms with E-state index in [2.05, 4.69) is 191 Å². The Bertz CT molecular complexity index is 2860. The first-order valence-electron chi connectivity index (χ1n) is 17.8. The number of rotatable bonds is 2. The predicted octanol–water partition coefficient (Wildman–Crippen LogP) is 12.2. The summed E-state index contributed by atoms with van der Waals surface area (Å²) in [5.41, 5.74) is 17.5. The molecule has 0 aliphatic heterocycles. The van der Waals surface area contributed by atoms with Gasteiger partial charge in [0.05, 0.1) is 27.5 Å². The van der Waals surface area contributed by atoms with Gasteiger partial charge in [-0.3, -0.25) is 0 Å². The molecule has 0 atom stereocenters. The molecule has 2 heterocycles. The van der Waals surface area contributed by atoms with E-state index in [1.807, 2.05) is 0 Å². The summed E-state index contributed by atoms with van der Waals surface area (Å²) in [5.74, 6) is 0. The van der Waals surface area contributed by atoms with Crippen LogP contribution >= 0.6 is 0 Å². The van der Waals surface area contributed by atoms with Crippen LogP contribution in [-0.4, -0.2) is 9.13 Å². The SMILES string of the molecule is c1ccc(-n2c3ccccc3c3cc4c(cc32)C2(c3ccccc3-4)c3ccccc3-c3cc4c5ccccc5n(-c5ccccc5)c4cc32)cc1. The largest absolute Gasteiger partial charge is 0.309 e. The second-order valence-corrected chi connectivity index (χ2v) is 14.0. The summed E-state index contributed by atoms with van der Waals surface area (Å²) < 4.78 is 4.92. The molecule has 0 unspecified atom stereocenters. The van der Waals surface area contributed by atoms with Crippen LogP contribution in [0.25, 0.3) is 77.2 Å². The fraction of sp³-hybridized carbons (Fsp3) is 0.0204. The van der Waals surface area contributed by atoms with Crippen LogP contribution in [0.2, 0.25) is 0 Å². The summed E-state index contributed by atoms with van der Waals surface area (Å²) in [5, 5.41) is 5.12. The Hall–Kier alpha value is -6.64. The topological polar surface area (TPSA) is 9.86 Å². The van der Waals surface area contributed by atoms with E-state index < -0.39 is 5.41 Å². The highest BCUT2D eigenvalue weighted by Gasteiger charge is 2.52. The van der Waals surface area contributed by atoms with E-state index in [1.165, 1.54) is 99.5 Å². The van der Waals surface area contributed by atoms with Crippen LogP contribution in [0.1, 0.15) is 22.3 Å². The van der Waals surface area contributed by atoms with Crippen LogP contribution in [0.15, 0.2) is 182 Å². The molecule has 2 nitrogen and oxygen atoms in total. The molecule has 236 valence electrons. The van der Waals surface area contributed by atoms with Gasteiger partial charge in [-0.2, -0.15) is 0 Å². The molecule has 2 aliphatic rings. The van der Waals surface area contributed by atoms with Gasteiger partial charge in [-0.05, 0) is 105 Å². The Morgan fingerprint density at radius 1 is 0.275 bits per heavy atom. The maximum absolute atomic E-state index is 2.53. The van der Waals surface area contributed by atoms with Gasteiger partial charge in [0.2, 0.25) is 0 Å². The zero-order valence-electron chi connectivity index (χ0n) is 27.7. The average Bonchev–Trinajstić information content (AvgIpc) is 3.88. The van der Waals surface area contributed by atoms with Gasteiger partial charge in [0.25, 0.3) is 0 Å². The van der Waals surface area contributed by atoms with Gasteiger partial charge in [-0.1, -0.05) is 121 Å². The Balaban J connectivity index is 1.27. The summed E-state index contributed by atoms with van der Waals surface area (Å²) in [6, 6.07) is 67.7. The molecule has 1 spiro atoms. The fourth-order valence-electron chi connectivity index (χ4n) is 9.77. The van der Waals surface area contributed by atoms with Crippen molar-refractivity contribution in [1.29, 1.82) is 0 Å². The van der Waals surface area contributed by atoms with Crippen molar-refractivity contribution in [3.05, 3.63) is 204 Å². The molecule has 0 N–H and O–H groups in total. The minimum absolute atomic E-state index is 0.476. The second-order valence-electron chi connectivity index (χ2n) is 14.0. The number of para-hydroxylation sites is 4. The first kappa shape index (κ1) is 27.2. The van der Waals surface area contributed by atoms with Crippen molar-refractivity contribution in [2.24, 2.45) is 0 Å². The van der Waals surface area contributed by atoms with E-state index in [1.54, 1.807) is 0 Å². The molecule has 0 saturated heterocycles.